The minimum atomic E-state index is 0.157. The maximum atomic E-state index is 5.96. The summed E-state index contributed by atoms with van der Waals surface area (Å²) in [6, 6.07) is 17.9. The van der Waals surface area contributed by atoms with Crippen molar-refractivity contribution in [3.05, 3.63) is 65.2 Å². The summed E-state index contributed by atoms with van der Waals surface area (Å²) in [5.41, 5.74) is 8.54. The molecule has 2 atom stereocenters. The van der Waals surface area contributed by atoms with E-state index in [1.807, 2.05) is 54.6 Å². The Kier molecular flexibility index (Phi) is 3.62. The van der Waals surface area contributed by atoms with Crippen LogP contribution >= 0.6 is 23.4 Å². The fourth-order valence-electron chi connectivity index (χ4n) is 2.51. The van der Waals surface area contributed by atoms with Gasteiger partial charge in [0.15, 0.2) is 5.17 Å². The second-order valence-electron chi connectivity index (χ2n) is 5.06. The number of nitrogens with zero attached hydrogens (tertiary/aromatic N) is 2. The number of hydrogen-bond donors (Lipinski definition) is 2. The molecule has 0 saturated carbocycles. The maximum Gasteiger partial charge on any atom is 0.190 e. The average Bonchev–Trinajstić information content (AvgIpc) is 3.09. The van der Waals surface area contributed by atoms with E-state index in [1.165, 1.54) is 5.56 Å². The van der Waals surface area contributed by atoms with Gasteiger partial charge in [-0.15, -0.1) is 0 Å². The van der Waals surface area contributed by atoms with Crippen LogP contribution < -0.4 is 10.9 Å². The summed E-state index contributed by atoms with van der Waals surface area (Å²) in [4.78, 5) is 9.15. The molecule has 0 amide bonds. The van der Waals surface area contributed by atoms with E-state index >= 15 is 0 Å². The first-order chi connectivity index (χ1) is 10.8. The molecule has 4 rings (SSSR count). The number of benzene rings is 2. The predicted octanol–water partition coefficient (Wildman–Crippen LogP) is 3.69. The van der Waals surface area contributed by atoms with E-state index in [2.05, 4.69) is 20.8 Å². The second-order valence-corrected chi connectivity index (χ2v) is 6.61. The first-order valence-corrected chi connectivity index (χ1v) is 8.21. The van der Waals surface area contributed by atoms with Crippen molar-refractivity contribution in [3.63, 3.8) is 0 Å². The third-order valence-electron chi connectivity index (χ3n) is 3.59. The minimum Gasteiger partial charge on any atom is -0.308 e. The third kappa shape index (κ3) is 2.63. The van der Waals surface area contributed by atoms with Crippen LogP contribution in [0.2, 0.25) is 5.02 Å². The zero-order valence-corrected chi connectivity index (χ0v) is 13.1. The zero-order chi connectivity index (χ0) is 14.9. The van der Waals surface area contributed by atoms with Crippen molar-refractivity contribution in [2.45, 2.75) is 11.3 Å². The molecular formula is C16H13ClN4S. The molecule has 0 spiro atoms. The molecule has 2 aliphatic heterocycles. The van der Waals surface area contributed by atoms with Gasteiger partial charge in [0.05, 0.1) is 17.0 Å². The number of nitrogens with one attached hydrogen (secondary N) is 2. The van der Waals surface area contributed by atoms with Crippen molar-refractivity contribution >= 4 is 40.1 Å². The van der Waals surface area contributed by atoms with Crippen LogP contribution in [-0.2, 0) is 0 Å². The lowest BCUT2D eigenvalue weighted by atomic mass is 10.1. The van der Waals surface area contributed by atoms with Crippen molar-refractivity contribution in [1.82, 2.24) is 10.9 Å². The number of amidine groups is 2. The van der Waals surface area contributed by atoms with E-state index < -0.39 is 0 Å². The SMILES string of the molecule is Clc1ccc([C@H]2NNC3=NC(=Nc4ccccc4)S[C@@H]32)cc1. The van der Waals surface area contributed by atoms with E-state index in [4.69, 9.17) is 11.6 Å². The molecule has 2 aromatic carbocycles. The summed E-state index contributed by atoms with van der Waals surface area (Å²) in [6.45, 7) is 0. The van der Waals surface area contributed by atoms with Crippen LogP contribution in [0.1, 0.15) is 11.6 Å². The highest BCUT2D eigenvalue weighted by Crippen LogP contribution is 2.36. The van der Waals surface area contributed by atoms with Crippen LogP contribution in [0.15, 0.2) is 64.6 Å². The van der Waals surface area contributed by atoms with Crippen LogP contribution in [-0.4, -0.2) is 16.3 Å². The topological polar surface area (TPSA) is 48.8 Å². The highest BCUT2D eigenvalue weighted by Gasteiger charge is 2.39. The van der Waals surface area contributed by atoms with Crippen molar-refractivity contribution in [2.75, 3.05) is 0 Å². The number of hydrogen-bond acceptors (Lipinski definition) is 4. The van der Waals surface area contributed by atoms with Gasteiger partial charge in [0.2, 0.25) is 0 Å². The molecule has 2 aromatic rings. The first-order valence-electron chi connectivity index (χ1n) is 6.95. The zero-order valence-electron chi connectivity index (χ0n) is 11.5. The molecule has 2 aliphatic rings. The molecule has 2 heterocycles. The number of hydrazine groups is 1. The van der Waals surface area contributed by atoms with Crippen LogP contribution in [0.25, 0.3) is 0 Å². The minimum absolute atomic E-state index is 0.157. The Morgan fingerprint density at radius 1 is 1.05 bits per heavy atom. The highest BCUT2D eigenvalue weighted by atomic mass is 35.5. The molecular weight excluding hydrogens is 316 g/mol. The lowest BCUT2D eigenvalue weighted by Crippen LogP contribution is -2.27. The van der Waals surface area contributed by atoms with Crippen molar-refractivity contribution in [2.24, 2.45) is 9.98 Å². The summed E-state index contributed by atoms with van der Waals surface area (Å²) in [5, 5.41) is 1.75. The van der Waals surface area contributed by atoms with Crippen LogP contribution in [0.5, 0.6) is 0 Å². The molecule has 0 aromatic heterocycles. The lowest BCUT2D eigenvalue weighted by molar-refractivity contribution is 0.593. The Hall–Kier alpha value is -1.82. The monoisotopic (exact) mass is 328 g/mol. The van der Waals surface area contributed by atoms with Gasteiger partial charge in [-0.25, -0.2) is 15.4 Å². The Morgan fingerprint density at radius 2 is 1.82 bits per heavy atom. The molecule has 0 aliphatic carbocycles. The number of aliphatic imine (C=N–C) groups is 2. The summed E-state index contributed by atoms with van der Waals surface area (Å²) < 4.78 is 0. The molecule has 2 N–H and O–H groups in total. The molecule has 110 valence electrons. The van der Waals surface area contributed by atoms with Gasteiger partial charge in [-0.05, 0) is 29.8 Å². The van der Waals surface area contributed by atoms with E-state index in [0.29, 0.717) is 0 Å². The quantitative estimate of drug-likeness (QED) is 0.884. The van der Waals surface area contributed by atoms with Gasteiger partial charge in [-0.2, -0.15) is 0 Å². The van der Waals surface area contributed by atoms with E-state index in [-0.39, 0.29) is 11.3 Å². The van der Waals surface area contributed by atoms with Crippen LogP contribution in [0.4, 0.5) is 5.69 Å². The van der Waals surface area contributed by atoms with Gasteiger partial charge in [-0.3, -0.25) is 0 Å². The lowest BCUT2D eigenvalue weighted by Gasteiger charge is -2.14. The van der Waals surface area contributed by atoms with Crippen LogP contribution in [0.3, 0.4) is 0 Å². The molecule has 1 saturated heterocycles. The normalized spacial score (nSPS) is 25.0. The largest absolute Gasteiger partial charge is 0.308 e. The molecule has 1 fully saturated rings. The first kappa shape index (κ1) is 13.8. The standard InChI is InChI=1S/C16H13ClN4S/c17-11-8-6-10(7-9-11)13-14-15(21-20-13)19-16(22-14)18-12-4-2-1-3-5-12/h1-9,13-14,20H,(H,18,19,21)/t13-,14-/m1/s1. The van der Waals surface area contributed by atoms with Gasteiger partial charge < -0.3 is 5.43 Å². The molecule has 22 heavy (non-hydrogen) atoms. The number of fused-ring (bicyclic) bond motifs is 1. The molecule has 4 nitrogen and oxygen atoms in total. The number of halogens is 1. The number of para-hydroxylation sites is 1. The summed E-state index contributed by atoms with van der Waals surface area (Å²) >= 11 is 7.63. The summed E-state index contributed by atoms with van der Waals surface area (Å²) in [5.74, 6) is 0.930. The van der Waals surface area contributed by atoms with Crippen molar-refractivity contribution < 1.29 is 0 Å². The Balaban J connectivity index is 1.57. The van der Waals surface area contributed by atoms with Gasteiger partial charge in [0.25, 0.3) is 0 Å². The maximum absolute atomic E-state index is 5.96. The van der Waals surface area contributed by atoms with E-state index in [0.717, 1.165) is 21.7 Å². The smallest absolute Gasteiger partial charge is 0.190 e. The van der Waals surface area contributed by atoms with Gasteiger partial charge >= 0.3 is 0 Å². The Morgan fingerprint density at radius 3 is 2.59 bits per heavy atom. The number of rotatable bonds is 2. The predicted molar refractivity (Wildman–Crippen MR) is 92.8 cm³/mol. The molecule has 0 bridgehead atoms. The molecule has 0 unspecified atom stereocenters. The van der Waals surface area contributed by atoms with Gasteiger partial charge in [-0.1, -0.05) is 53.7 Å². The van der Waals surface area contributed by atoms with E-state index in [1.54, 1.807) is 11.8 Å². The summed E-state index contributed by atoms with van der Waals surface area (Å²) in [7, 11) is 0. The van der Waals surface area contributed by atoms with Crippen molar-refractivity contribution in [3.8, 4) is 0 Å². The Bertz CT molecular complexity index is 743. The second kappa shape index (κ2) is 5.76. The fraction of sp³-hybridized carbons (Fsp3) is 0.125. The summed E-state index contributed by atoms with van der Waals surface area (Å²) in [6.07, 6.45) is 0. The molecule has 6 heteroatoms. The highest BCUT2D eigenvalue weighted by molar-refractivity contribution is 8.15. The van der Waals surface area contributed by atoms with E-state index in [9.17, 15) is 0 Å². The average molecular weight is 329 g/mol. The molecule has 0 radical (unpaired) electrons. The van der Waals surface area contributed by atoms with Gasteiger partial charge in [0, 0.05) is 5.02 Å². The Labute approximate surface area is 137 Å². The number of thioether (sulfide) groups is 1. The van der Waals surface area contributed by atoms with Gasteiger partial charge in [0.1, 0.15) is 5.84 Å². The van der Waals surface area contributed by atoms with Crippen LogP contribution in [0, 0.1) is 0 Å². The van der Waals surface area contributed by atoms with Crippen molar-refractivity contribution in [1.29, 1.82) is 0 Å². The third-order valence-corrected chi connectivity index (χ3v) is 4.98. The fourth-order valence-corrected chi connectivity index (χ4v) is 3.75.